The minimum Gasteiger partial charge on any atom is -0.478 e. The fraction of sp³-hybridized carbons (Fsp3) is 0.120. The summed E-state index contributed by atoms with van der Waals surface area (Å²) in [5, 5.41) is 11.8. The Morgan fingerprint density at radius 2 is 1.79 bits per heavy atom. The molecule has 1 amide bonds. The Bertz CT molecular complexity index is 1380. The van der Waals surface area contributed by atoms with Crippen LogP contribution in [-0.2, 0) is 9.53 Å². The van der Waals surface area contributed by atoms with Gasteiger partial charge in [-0.3, -0.25) is 4.79 Å². The first-order valence-corrected chi connectivity index (χ1v) is 10.8. The summed E-state index contributed by atoms with van der Waals surface area (Å²) >= 11 is 6.07. The highest BCUT2D eigenvalue weighted by molar-refractivity contribution is 6.34. The van der Waals surface area contributed by atoms with Crippen molar-refractivity contribution < 1.29 is 24.2 Å². The molecule has 0 aliphatic heterocycles. The Balaban J connectivity index is 1.50. The number of aromatic nitrogens is 2. The first-order valence-electron chi connectivity index (χ1n) is 10.5. The van der Waals surface area contributed by atoms with Crippen LogP contribution in [-0.4, -0.2) is 39.0 Å². The Hall–Kier alpha value is -4.17. The number of carboxylic acid groups (broad SMARTS) is 1. The molecule has 0 fully saturated rings. The van der Waals surface area contributed by atoms with Gasteiger partial charge in [0, 0.05) is 5.56 Å². The SMILES string of the molecule is CCC(OC(=O)c1ccc2nc(-c3ccccc3)[nH]c2c1)C(=O)Nc1cc(C(=O)O)ccc1Cl. The lowest BCUT2D eigenvalue weighted by atomic mass is 10.1. The predicted molar refractivity (Wildman–Crippen MR) is 128 cm³/mol. The van der Waals surface area contributed by atoms with Gasteiger partial charge in [0.2, 0.25) is 0 Å². The molecule has 8 nitrogen and oxygen atoms in total. The molecule has 3 N–H and O–H groups in total. The van der Waals surface area contributed by atoms with Crippen LogP contribution in [0.2, 0.25) is 5.02 Å². The number of imidazole rings is 1. The maximum Gasteiger partial charge on any atom is 0.338 e. The lowest BCUT2D eigenvalue weighted by molar-refractivity contribution is -0.124. The van der Waals surface area contributed by atoms with Crippen LogP contribution in [0.15, 0.2) is 66.7 Å². The van der Waals surface area contributed by atoms with Gasteiger partial charge in [0.25, 0.3) is 5.91 Å². The molecule has 9 heteroatoms. The number of amides is 1. The fourth-order valence-electron chi connectivity index (χ4n) is 3.36. The Labute approximate surface area is 199 Å². The van der Waals surface area contributed by atoms with E-state index in [1.165, 1.54) is 18.2 Å². The molecule has 0 radical (unpaired) electrons. The molecule has 4 aromatic rings. The van der Waals surface area contributed by atoms with Gasteiger partial charge >= 0.3 is 11.9 Å². The van der Waals surface area contributed by atoms with Crippen LogP contribution in [0, 0.1) is 0 Å². The van der Waals surface area contributed by atoms with Crippen LogP contribution >= 0.6 is 11.6 Å². The van der Waals surface area contributed by atoms with Crippen molar-refractivity contribution in [3.05, 3.63) is 82.9 Å². The van der Waals surface area contributed by atoms with Gasteiger partial charge in [-0.1, -0.05) is 48.9 Å². The van der Waals surface area contributed by atoms with Crippen molar-refractivity contribution in [3.63, 3.8) is 0 Å². The molecule has 1 heterocycles. The summed E-state index contributed by atoms with van der Waals surface area (Å²) < 4.78 is 5.43. The van der Waals surface area contributed by atoms with Gasteiger partial charge in [0.05, 0.1) is 32.9 Å². The first kappa shape index (κ1) is 23.0. The highest BCUT2D eigenvalue weighted by Gasteiger charge is 2.23. The fourth-order valence-corrected chi connectivity index (χ4v) is 3.52. The van der Waals surface area contributed by atoms with Gasteiger partial charge in [-0.2, -0.15) is 0 Å². The van der Waals surface area contributed by atoms with E-state index < -0.39 is 23.9 Å². The van der Waals surface area contributed by atoms with E-state index in [9.17, 15) is 14.4 Å². The monoisotopic (exact) mass is 477 g/mol. The third kappa shape index (κ3) is 4.92. The van der Waals surface area contributed by atoms with Crippen LogP contribution in [0.5, 0.6) is 0 Å². The second-order valence-electron chi connectivity index (χ2n) is 7.47. The average Bonchev–Trinajstić information content (AvgIpc) is 3.27. The third-order valence-corrected chi connectivity index (χ3v) is 5.48. The smallest absolute Gasteiger partial charge is 0.338 e. The Kier molecular flexibility index (Phi) is 6.60. The van der Waals surface area contributed by atoms with Crippen molar-refractivity contribution in [2.75, 3.05) is 5.32 Å². The summed E-state index contributed by atoms with van der Waals surface area (Å²) in [5.41, 5.74) is 2.60. The van der Waals surface area contributed by atoms with Crippen LogP contribution in [0.1, 0.15) is 34.1 Å². The Morgan fingerprint density at radius 3 is 2.50 bits per heavy atom. The standard InChI is InChI=1S/C25H20ClN3O5/c1-2-21(23(30)29-19-12-15(24(31)32)8-10-17(19)26)34-25(33)16-9-11-18-20(13-16)28-22(27-18)14-6-4-3-5-7-14/h3-13,21H,2H2,1H3,(H,27,28)(H,29,30)(H,31,32). The number of H-pyrrole nitrogens is 1. The van der Waals surface area contributed by atoms with Gasteiger partial charge in [-0.05, 0) is 42.8 Å². The normalized spacial score (nSPS) is 11.7. The van der Waals surface area contributed by atoms with Gasteiger partial charge < -0.3 is 20.1 Å². The number of ether oxygens (including phenoxy) is 1. The maximum absolute atomic E-state index is 12.8. The molecule has 172 valence electrons. The quantitative estimate of drug-likeness (QED) is 0.316. The summed E-state index contributed by atoms with van der Waals surface area (Å²) in [6, 6.07) is 18.4. The minimum absolute atomic E-state index is 0.0347. The van der Waals surface area contributed by atoms with Gasteiger partial charge in [-0.15, -0.1) is 0 Å². The Morgan fingerprint density at radius 1 is 1.06 bits per heavy atom. The lowest BCUT2D eigenvalue weighted by Crippen LogP contribution is -2.32. The number of carbonyl (C=O) groups excluding carboxylic acids is 2. The van der Waals surface area contributed by atoms with Crippen molar-refractivity contribution >= 4 is 46.2 Å². The number of carbonyl (C=O) groups is 3. The second-order valence-corrected chi connectivity index (χ2v) is 7.88. The summed E-state index contributed by atoms with van der Waals surface area (Å²) in [4.78, 5) is 44.4. The van der Waals surface area contributed by atoms with Crippen LogP contribution < -0.4 is 5.32 Å². The minimum atomic E-state index is -1.16. The molecule has 0 saturated heterocycles. The zero-order valence-corrected chi connectivity index (χ0v) is 18.8. The van der Waals surface area contributed by atoms with E-state index in [0.29, 0.717) is 16.9 Å². The van der Waals surface area contributed by atoms with E-state index >= 15 is 0 Å². The topological polar surface area (TPSA) is 121 Å². The molecule has 0 saturated carbocycles. The molecule has 0 bridgehead atoms. The van der Waals surface area contributed by atoms with Gasteiger partial charge in [-0.25, -0.2) is 14.6 Å². The number of hydrogen-bond acceptors (Lipinski definition) is 5. The number of anilines is 1. The van der Waals surface area contributed by atoms with Crippen molar-refractivity contribution in [2.24, 2.45) is 0 Å². The number of nitrogens with one attached hydrogen (secondary N) is 2. The van der Waals surface area contributed by atoms with Crippen molar-refractivity contribution in [1.82, 2.24) is 9.97 Å². The number of aromatic amines is 1. The molecule has 1 atom stereocenters. The van der Waals surface area contributed by atoms with E-state index in [0.717, 1.165) is 5.56 Å². The van der Waals surface area contributed by atoms with E-state index in [2.05, 4.69) is 15.3 Å². The molecule has 3 aromatic carbocycles. The number of benzene rings is 3. The summed E-state index contributed by atoms with van der Waals surface area (Å²) in [6.07, 6.45) is -0.896. The largest absolute Gasteiger partial charge is 0.478 e. The van der Waals surface area contributed by atoms with E-state index in [-0.39, 0.29) is 28.3 Å². The number of halogens is 1. The molecule has 0 spiro atoms. The molecular formula is C25H20ClN3O5. The van der Waals surface area contributed by atoms with E-state index in [1.807, 2.05) is 30.3 Å². The van der Waals surface area contributed by atoms with Gasteiger partial charge in [0.1, 0.15) is 5.82 Å². The zero-order valence-electron chi connectivity index (χ0n) is 18.0. The molecule has 4 rings (SSSR count). The second kappa shape index (κ2) is 9.76. The predicted octanol–water partition coefficient (Wildman–Crippen LogP) is 5.16. The molecular weight excluding hydrogens is 458 g/mol. The summed E-state index contributed by atoms with van der Waals surface area (Å²) in [7, 11) is 0. The number of carboxylic acids is 1. The van der Waals surface area contributed by atoms with Crippen LogP contribution in [0.25, 0.3) is 22.4 Å². The van der Waals surface area contributed by atoms with E-state index in [4.69, 9.17) is 21.4 Å². The first-order chi connectivity index (χ1) is 16.4. The number of nitrogens with zero attached hydrogens (tertiary/aromatic N) is 1. The van der Waals surface area contributed by atoms with Gasteiger partial charge in [0.15, 0.2) is 6.10 Å². The molecule has 1 unspecified atom stereocenters. The number of rotatable bonds is 7. The third-order valence-electron chi connectivity index (χ3n) is 5.15. The number of hydrogen-bond donors (Lipinski definition) is 3. The number of fused-ring (bicyclic) bond motifs is 1. The number of esters is 1. The highest BCUT2D eigenvalue weighted by Crippen LogP contribution is 2.25. The molecule has 1 aromatic heterocycles. The van der Waals surface area contributed by atoms with Crippen LogP contribution in [0.3, 0.4) is 0 Å². The van der Waals surface area contributed by atoms with Crippen LogP contribution in [0.4, 0.5) is 5.69 Å². The van der Waals surface area contributed by atoms with E-state index in [1.54, 1.807) is 25.1 Å². The molecule has 0 aliphatic rings. The average molecular weight is 478 g/mol. The molecule has 0 aliphatic carbocycles. The highest BCUT2D eigenvalue weighted by atomic mass is 35.5. The molecule has 34 heavy (non-hydrogen) atoms. The lowest BCUT2D eigenvalue weighted by Gasteiger charge is -2.17. The van der Waals surface area contributed by atoms with Crippen molar-refractivity contribution in [1.29, 1.82) is 0 Å². The van der Waals surface area contributed by atoms with Crippen molar-refractivity contribution in [2.45, 2.75) is 19.4 Å². The summed E-state index contributed by atoms with van der Waals surface area (Å²) in [6.45, 7) is 1.69. The summed E-state index contributed by atoms with van der Waals surface area (Å²) in [5.74, 6) is -1.78. The maximum atomic E-state index is 12.8. The zero-order chi connectivity index (χ0) is 24.2. The van der Waals surface area contributed by atoms with Crippen molar-refractivity contribution in [3.8, 4) is 11.4 Å². The number of aromatic carboxylic acids is 1.